The number of hydrogen-bond donors (Lipinski definition) is 4. The molecule has 0 saturated carbocycles. The maximum absolute atomic E-state index is 11.5. The molecule has 0 aromatic carbocycles. The highest BCUT2D eigenvalue weighted by atomic mass is 16.4. The maximum atomic E-state index is 11.5. The molecule has 1 amide bonds. The number of carboxylic acid groups (broad SMARTS) is 1. The molecule has 0 radical (unpaired) electrons. The van der Waals surface area contributed by atoms with Crippen molar-refractivity contribution >= 4 is 17.8 Å². The van der Waals surface area contributed by atoms with E-state index < -0.39 is 17.9 Å². The van der Waals surface area contributed by atoms with E-state index in [4.69, 9.17) is 16.2 Å². The molecule has 0 aromatic rings. The fraction of sp³-hybridized carbons (Fsp3) is 0.700. The van der Waals surface area contributed by atoms with Crippen LogP contribution in [0.3, 0.4) is 0 Å². The van der Waals surface area contributed by atoms with Gasteiger partial charge in [-0.2, -0.15) is 0 Å². The molecule has 5 N–H and O–H groups in total. The Balaban J connectivity index is 4.42. The summed E-state index contributed by atoms with van der Waals surface area (Å²) in [6, 6.07) is -0.909. The zero-order chi connectivity index (χ0) is 13.6. The van der Waals surface area contributed by atoms with Crippen molar-refractivity contribution < 1.29 is 14.7 Å². The van der Waals surface area contributed by atoms with E-state index in [1.807, 2.05) is 6.92 Å². The first kappa shape index (κ1) is 15.2. The molecular formula is C10H20N4O3. The van der Waals surface area contributed by atoms with Crippen LogP contribution in [0, 0.1) is 11.3 Å². The Hall–Kier alpha value is -1.79. The molecule has 0 aliphatic carbocycles. The number of carbonyl (C=O) groups excluding carboxylic acids is 1. The number of rotatable bonds is 6. The lowest BCUT2D eigenvalue weighted by Gasteiger charge is -2.22. The Morgan fingerprint density at radius 2 is 2.06 bits per heavy atom. The van der Waals surface area contributed by atoms with Gasteiger partial charge in [-0.1, -0.05) is 20.3 Å². The largest absolute Gasteiger partial charge is 0.480 e. The molecule has 7 nitrogen and oxygen atoms in total. The van der Waals surface area contributed by atoms with Crippen LogP contribution in [0.4, 0.5) is 0 Å². The first-order chi connectivity index (χ1) is 7.79. The van der Waals surface area contributed by atoms with E-state index in [1.165, 1.54) is 11.9 Å². The van der Waals surface area contributed by atoms with E-state index in [9.17, 15) is 9.59 Å². The molecule has 17 heavy (non-hydrogen) atoms. The van der Waals surface area contributed by atoms with E-state index in [0.29, 0.717) is 6.42 Å². The monoisotopic (exact) mass is 244 g/mol. The van der Waals surface area contributed by atoms with Crippen LogP contribution in [-0.4, -0.2) is 47.5 Å². The zero-order valence-corrected chi connectivity index (χ0v) is 10.4. The molecule has 0 spiro atoms. The highest BCUT2D eigenvalue weighted by Crippen LogP contribution is 2.07. The van der Waals surface area contributed by atoms with Crippen molar-refractivity contribution in [2.24, 2.45) is 11.7 Å². The molecule has 0 rings (SSSR count). The molecule has 0 fully saturated rings. The van der Waals surface area contributed by atoms with Crippen molar-refractivity contribution in [3.63, 3.8) is 0 Å². The van der Waals surface area contributed by atoms with Crippen molar-refractivity contribution in [1.29, 1.82) is 5.41 Å². The summed E-state index contributed by atoms with van der Waals surface area (Å²) < 4.78 is 0. The Labute approximate surface area is 100 Å². The minimum atomic E-state index is -1.06. The Kier molecular flexibility index (Phi) is 6.01. The van der Waals surface area contributed by atoms with Gasteiger partial charge in [0.1, 0.15) is 6.04 Å². The highest BCUT2D eigenvalue weighted by molar-refractivity contribution is 5.87. The minimum Gasteiger partial charge on any atom is -0.480 e. The quantitative estimate of drug-likeness (QED) is 0.368. The highest BCUT2D eigenvalue weighted by Gasteiger charge is 2.25. The summed E-state index contributed by atoms with van der Waals surface area (Å²) in [5, 5.41) is 18.5. The number of amides is 1. The van der Waals surface area contributed by atoms with E-state index in [2.05, 4.69) is 5.32 Å². The average Bonchev–Trinajstić information content (AvgIpc) is 2.24. The summed E-state index contributed by atoms with van der Waals surface area (Å²) in [4.78, 5) is 23.7. The van der Waals surface area contributed by atoms with E-state index in [1.54, 1.807) is 6.92 Å². The summed E-state index contributed by atoms with van der Waals surface area (Å²) in [6.45, 7) is 3.48. The van der Waals surface area contributed by atoms with Gasteiger partial charge in [0.15, 0.2) is 5.96 Å². The standard InChI is InChI=1S/C10H20N4O3/c1-4-6(2)8(9(16)17)13-7(15)5-14(3)10(11)12/h6,8H,4-5H2,1-3H3,(H3,11,12)(H,13,15)(H,16,17)/t6-,8-/m0/s1. The smallest absolute Gasteiger partial charge is 0.326 e. The summed E-state index contributed by atoms with van der Waals surface area (Å²) in [5.74, 6) is -1.91. The second kappa shape index (κ2) is 6.72. The third-order valence-corrected chi connectivity index (χ3v) is 2.59. The zero-order valence-electron chi connectivity index (χ0n) is 10.4. The van der Waals surface area contributed by atoms with Crippen LogP contribution in [0.1, 0.15) is 20.3 Å². The number of carboxylic acids is 1. The van der Waals surface area contributed by atoms with Crippen LogP contribution >= 0.6 is 0 Å². The van der Waals surface area contributed by atoms with E-state index in [-0.39, 0.29) is 18.4 Å². The first-order valence-electron chi connectivity index (χ1n) is 5.36. The Bertz CT molecular complexity index is 306. The second-order valence-electron chi connectivity index (χ2n) is 4.01. The van der Waals surface area contributed by atoms with Gasteiger partial charge in [-0.15, -0.1) is 0 Å². The van der Waals surface area contributed by atoms with Crippen LogP contribution in [0.2, 0.25) is 0 Å². The SMILES string of the molecule is CC[C@H](C)[C@H](NC(=O)CN(C)C(=N)N)C(=O)O. The van der Waals surface area contributed by atoms with Gasteiger partial charge in [0.05, 0.1) is 6.54 Å². The molecule has 0 bridgehead atoms. The number of aliphatic carboxylic acids is 1. The predicted molar refractivity (Wildman–Crippen MR) is 63.6 cm³/mol. The Morgan fingerprint density at radius 3 is 2.41 bits per heavy atom. The van der Waals surface area contributed by atoms with Crippen molar-refractivity contribution in [1.82, 2.24) is 10.2 Å². The summed E-state index contributed by atoms with van der Waals surface area (Å²) >= 11 is 0. The number of nitrogens with two attached hydrogens (primary N) is 1. The van der Waals surface area contributed by atoms with Crippen LogP contribution < -0.4 is 11.1 Å². The lowest BCUT2D eigenvalue weighted by molar-refractivity contribution is -0.143. The maximum Gasteiger partial charge on any atom is 0.326 e. The van der Waals surface area contributed by atoms with Crippen molar-refractivity contribution in [3.05, 3.63) is 0 Å². The molecule has 0 heterocycles. The second-order valence-corrected chi connectivity index (χ2v) is 4.01. The molecule has 2 atom stereocenters. The molecule has 0 unspecified atom stereocenters. The summed E-state index contributed by atoms with van der Waals surface area (Å²) in [7, 11) is 1.49. The third kappa shape index (κ3) is 5.19. The van der Waals surface area contributed by atoms with Gasteiger partial charge >= 0.3 is 5.97 Å². The molecule has 98 valence electrons. The van der Waals surface area contributed by atoms with Crippen LogP contribution in [0.15, 0.2) is 0 Å². The number of guanidine groups is 1. The number of carbonyl (C=O) groups is 2. The van der Waals surface area contributed by atoms with Gasteiger partial charge in [-0.3, -0.25) is 10.2 Å². The van der Waals surface area contributed by atoms with Crippen LogP contribution in [0.5, 0.6) is 0 Å². The number of nitrogens with one attached hydrogen (secondary N) is 2. The molecule has 0 aliphatic rings. The van der Waals surface area contributed by atoms with Gasteiger partial charge in [-0.05, 0) is 5.92 Å². The van der Waals surface area contributed by atoms with Gasteiger partial charge in [0.25, 0.3) is 0 Å². The van der Waals surface area contributed by atoms with Crippen LogP contribution in [0.25, 0.3) is 0 Å². The lowest BCUT2D eigenvalue weighted by Crippen LogP contribution is -2.49. The lowest BCUT2D eigenvalue weighted by atomic mass is 9.99. The van der Waals surface area contributed by atoms with Gasteiger partial charge < -0.3 is 21.1 Å². The number of hydrogen-bond acceptors (Lipinski definition) is 3. The molecule has 0 aliphatic heterocycles. The third-order valence-electron chi connectivity index (χ3n) is 2.59. The average molecular weight is 244 g/mol. The fourth-order valence-corrected chi connectivity index (χ4v) is 1.20. The van der Waals surface area contributed by atoms with Gasteiger partial charge in [0, 0.05) is 7.05 Å². The summed E-state index contributed by atoms with van der Waals surface area (Å²) in [6.07, 6.45) is 0.653. The molecule has 0 saturated heterocycles. The first-order valence-corrected chi connectivity index (χ1v) is 5.36. The van der Waals surface area contributed by atoms with Gasteiger partial charge in [-0.25, -0.2) is 4.79 Å². The van der Waals surface area contributed by atoms with Crippen molar-refractivity contribution in [2.75, 3.05) is 13.6 Å². The topological polar surface area (TPSA) is 120 Å². The number of nitrogens with zero attached hydrogens (tertiary/aromatic N) is 1. The Morgan fingerprint density at radius 1 is 1.53 bits per heavy atom. The summed E-state index contributed by atoms with van der Waals surface area (Å²) in [5.41, 5.74) is 5.17. The fourth-order valence-electron chi connectivity index (χ4n) is 1.20. The van der Waals surface area contributed by atoms with Crippen molar-refractivity contribution in [2.45, 2.75) is 26.3 Å². The minimum absolute atomic E-state index is 0.129. The van der Waals surface area contributed by atoms with E-state index >= 15 is 0 Å². The van der Waals surface area contributed by atoms with Crippen LogP contribution in [-0.2, 0) is 9.59 Å². The van der Waals surface area contributed by atoms with Crippen molar-refractivity contribution in [3.8, 4) is 0 Å². The van der Waals surface area contributed by atoms with E-state index in [0.717, 1.165) is 0 Å². The molecule has 7 heteroatoms. The molecule has 0 aromatic heterocycles. The predicted octanol–water partition coefficient (Wildman–Crippen LogP) is -0.573. The van der Waals surface area contributed by atoms with Gasteiger partial charge in [0.2, 0.25) is 5.91 Å². The number of likely N-dealkylation sites (N-methyl/N-ethyl adjacent to an activating group) is 1. The normalized spacial score (nSPS) is 13.6. The molecular weight excluding hydrogens is 224 g/mol.